The van der Waals surface area contributed by atoms with Crippen molar-refractivity contribution in [1.82, 2.24) is 0 Å². The standard InChI is InChI=1S/C33H29N/c1-22-13-16-25(17-14-22)34(24-9-6-5-7-10-24)31-20-19-27-26-18-15-23(2)21-30(26)33(3,4)29-12-8-11-28(31)32(27)29/h5-21H,1-4H3. The van der Waals surface area contributed by atoms with E-state index in [-0.39, 0.29) is 5.41 Å². The summed E-state index contributed by atoms with van der Waals surface area (Å²) in [5, 5.41) is 2.66. The van der Waals surface area contributed by atoms with E-state index in [2.05, 4.69) is 136 Å². The summed E-state index contributed by atoms with van der Waals surface area (Å²) in [7, 11) is 0. The SMILES string of the molecule is Cc1ccc(N(c2ccccc2)c2ccc3c4c(cccc24)C(C)(C)c2cc(C)ccc2-3)cc1. The van der Waals surface area contributed by atoms with Gasteiger partial charge in [0.25, 0.3) is 0 Å². The largest absolute Gasteiger partial charge is 0.310 e. The molecule has 166 valence electrons. The van der Waals surface area contributed by atoms with E-state index in [9.17, 15) is 0 Å². The minimum atomic E-state index is -0.0616. The minimum Gasteiger partial charge on any atom is -0.310 e. The second-order valence-corrected chi connectivity index (χ2v) is 10.0. The first-order chi connectivity index (χ1) is 16.4. The Morgan fingerprint density at radius 3 is 2.00 bits per heavy atom. The molecule has 0 unspecified atom stereocenters. The highest BCUT2D eigenvalue weighted by molar-refractivity contribution is 6.10. The minimum absolute atomic E-state index is 0.0616. The molecule has 0 atom stereocenters. The van der Waals surface area contributed by atoms with Gasteiger partial charge in [-0.1, -0.05) is 97.8 Å². The fraction of sp³-hybridized carbons (Fsp3) is 0.152. The quantitative estimate of drug-likeness (QED) is 0.271. The summed E-state index contributed by atoms with van der Waals surface area (Å²) in [5.41, 5.74) is 11.6. The highest BCUT2D eigenvalue weighted by Gasteiger charge is 2.34. The van der Waals surface area contributed by atoms with Gasteiger partial charge in [-0.2, -0.15) is 0 Å². The van der Waals surface area contributed by atoms with Gasteiger partial charge in [-0.15, -0.1) is 0 Å². The molecule has 0 saturated heterocycles. The Labute approximate surface area is 202 Å². The van der Waals surface area contributed by atoms with Crippen molar-refractivity contribution in [2.24, 2.45) is 0 Å². The molecule has 0 radical (unpaired) electrons. The average molecular weight is 440 g/mol. The zero-order valence-corrected chi connectivity index (χ0v) is 20.3. The molecule has 0 bridgehead atoms. The molecule has 0 aliphatic heterocycles. The maximum atomic E-state index is 2.39. The van der Waals surface area contributed by atoms with Crippen molar-refractivity contribution in [3.05, 3.63) is 125 Å². The van der Waals surface area contributed by atoms with Crippen LogP contribution in [0.25, 0.3) is 21.9 Å². The molecule has 0 saturated carbocycles. The number of hydrogen-bond acceptors (Lipinski definition) is 1. The first kappa shape index (κ1) is 20.7. The van der Waals surface area contributed by atoms with Crippen LogP contribution in [0, 0.1) is 13.8 Å². The Balaban J connectivity index is 1.68. The summed E-state index contributed by atoms with van der Waals surface area (Å²) in [4.78, 5) is 2.39. The van der Waals surface area contributed by atoms with Crippen LogP contribution in [0.4, 0.5) is 17.1 Å². The lowest BCUT2D eigenvalue weighted by atomic mass is 9.68. The molecule has 0 N–H and O–H groups in total. The molecule has 5 aromatic carbocycles. The molecule has 1 nitrogen and oxygen atoms in total. The van der Waals surface area contributed by atoms with Crippen molar-refractivity contribution in [3.8, 4) is 11.1 Å². The lowest BCUT2D eigenvalue weighted by molar-refractivity contribution is 0.644. The summed E-state index contributed by atoms with van der Waals surface area (Å²) < 4.78 is 0. The van der Waals surface area contributed by atoms with Gasteiger partial charge in [-0.05, 0) is 71.8 Å². The third-order valence-corrected chi connectivity index (χ3v) is 7.38. The predicted octanol–water partition coefficient (Wildman–Crippen LogP) is 9.23. The lowest BCUT2D eigenvalue weighted by Crippen LogP contribution is -2.24. The average Bonchev–Trinajstić information content (AvgIpc) is 2.85. The molecule has 1 heteroatoms. The summed E-state index contributed by atoms with van der Waals surface area (Å²) >= 11 is 0. The second kappa shape index (κ2) is 7.60. The van der Waals surface area contributed by atoms with Crippen LogP contribution in [0.5, 0.6) is 0 Å². The van der Waals surface area contributed by atoms with Crippen LogP contribution in [-0.2, 0) is 5.41 Å². The van der Waals surface area contributed by atoms with Gasteiger partial charge in [0.1, 0.15) is 0 Å². The van der Waals surface area contributed by atoms with Gasteiger partial charge in [-0.3, -0.25) is 0 Å². The van der Waals surface area contributed by atoms with Crippen LogP contribution in [0.15, 0.2) is 103 Å². The highest BCUT2D eigenvalue weighted by atomic mass is 15.1. The number of hydrogen-bond donors (Lipinski definition) is 0. The van der Waals surface area contributed by atoms with E-state index >= 15 is 0 Å². The third kappa shape index (κ3) is 3.08. The maximum absolute atomic E-state index is 2.39. The molecule has 0 heterocycles. The first-order valence-electron chi connectivity index (χ1n) is 12.0. The summed E-state index contributed by atoms with van der Waals surface area (Å²) in [5.74, 6) is 0. The van der Waals surface area contributed by atoms with Gasteiger partial charge in [0.05, 0.1) is 5.69 Å². The zero-order chi connectivity index (χ0) is 23.4. The van der Waals surface area contributed by atoms with Crippen LogP contribution in [0.2, 0.25) is 0 Å². The van der Waals surface area contributed by atoms with Crippen LogP contribution >= 0.6 is 0 Å². The summed E-state index contributed by atoms with van der Waals surface area (Å²) in [6.45, 7) is 9.06. The molecule has 1 aliphatic rings. The fourth-order valence-corrected chi connectivity index (χ4v) is 5.58. The Morgan fingerprint density at radius 2 is 1.24 bits per heavy atom. The van der Waals surface area contributed by atoms with Crippen molar-refractivity contribution < 1.29 is 0 Å². The van der Waals surface area contributed by atoms with Gasteiger partial charge in [0.2, 0.25) is 0 Å². The Bertz CT molecular complexity index is 1530. The van der Waals surface area contributed by atoms with Crippen molar-refractivity contribution in [3.63, 3.8) is 0 Å². The topological polar surface area (TPSA) is 3.24 Å². The Kier molecular flexibility index (Phi) is 4.64. The predicted molar refractivity (Wildman–Crippen MR) is 146 cm³/mol. The lowest BCUT2D eigenvalue weighted by Gasteiger charge is -2.36. The monoisotopic (exact) mass is 439 g/mol. The van der Waals surface area contributed by atoms with Crippen LogP contribution in [-0.4, -0.2) is 0 Å². The van der Waals surface area contributed by atoms with E-state index in [1.165, 1.54) is 55.5 Å². The molecule has 0 spiro atoms. The molecule has 5 aromatic rings. The number of nitrogens with zero attached hydrogens (tertiary/aromatic N) is 1. The van der Waals surface area contributed by atoms with Gasteiger partial charge >= 0.3 is 0 Å². The number of benzene rings is 5. The van der Waals surface area contributed by atoms with Gasteiger partial charge in [0, 0.05) is 22.2 Å². The highest BCUT2D eigenvalue weighted by Crippen LogP contribution is 2.51. The number of para-hydroxylation sites is 1. The van der Waals surface area contributed by atoms with E-state index in [0.717, 1.165) is 5.69 Å². The maximum Gasteiger partial charge on any atom is 0.0540 e. The van der Waals surface area contributed by atoms with Crippen molar-refractivity contribution in [2.45, 2.75) is 33.1 Å². The molecule has 0 aromatic heterocycles. The molecule has 6 rings (SSSR count). The van der Waals surface area contributed by atoms with Crippen LogP contribution in [0.1, 0.15) is 36.1 Å². The molecule has 0 fully saturated rings. The normalized spacial score (nSPS) is 13.5. The molecule has 0 amide bonds. The summed E-state index contributed by atoms with van der Waals surface area (Å²) in [6.07, 6.45) is 0. The van der Waals surface area contributed by atoms with E-state index in [0.29, 0.717) is 0 Å². The van der Waals surface area contributed by atoms with Crippen molar-refractivity contribution >= 4 is 27.8 Å². The van der Waals surface area contributed by atoms with E-state index < -0.39 is 0 Å². The number of rotatable bonds is 3. The fourth-order valence-electron chi connectivity index (χ4n) is 5.58. The smallest absolute Gasteiger partial charge is 0.0540 e. The molecule has 1 aliphatic carbocycles. The van der Waals surface area contributed by atoms with Gasteiger partial charge in [0.15, 0.2) is 0 Å². The van der Waals surface area contributed by atoms with E-state index in [1.807, 2.05) is 0 Å². The van der Waals surface area contributed by atoms with E-state index in [1.54, 1.807) is 0 Å². The number of fused-ring (bicyclic) bond motifs is 2. The summed E-state index contributed by atoms with van der Waals surface area (Å²) in [6, 6.07) is 37.9. The van der Waals surface area contributed by atoms with Crippen molar-refractivity contribution in [1.29, 1.82) is 0 Å². The third-order valence-electron chi connectivity index (χ3n) is 7.38. The van der Waals surface area contributed by atoms with Gasteiger partial charge < -0.3 is 4.90 Å². The van der Waals surface area contributed by atoms with Crippen LogP contribution < -0.4 is 4.90 Å². The first-order valence-corrected chi connectivity index (χ1v) is 12.0. The Hall–Kier alpha value is -3.84. The molecular weight excluding hydrogens is 410 g/mol. The molecular formula is C33H29N. The zero-order valence-electron chi connectivity index (χ0n) is 20.3. The van der Waals surface area contributed by atoms with Gasteiger partial charge in [-0.25, -0.2) is 0 Å². The van der Waals surface area contributed by atoms with E-state index in [4.69, 9.17) is 0 Å². The molecule has 34 heavy (non-hydrogen) atoms. The number of anilines is 3. The van der Waals surface area contributed by atoms with Crippen molar-refractivity contribution in [2.75, 3.05) is 4.90 Å². The van der Waals surface area contributed by atoms with Crippen LogP contribution in [0.3, 0.4) is 0 Å². The number of aryl methyl sites for hydroxylation is 2. The Morgan fingerprint density at radius 1 is 0.559 bits per heavy atom. The second-order valence-electron chi connectivity index (χ2n) is 10.0.